The van der Waals surface area contributed by atoms with Crippen molar-refractivity contribution >= 4 is 11.9 Å². The second-order valence-corrected chi connectivity index (χ2v) is 5.60. The van der Waals surface area contributed by atoms with E-state index in [0.717, 1.165) is 22.3 Å². The smallest absolute Gasteiger partial charge is 0.322 e. The molecular formula is C21H18N2O2. The fraction of sp³-hybridized carbons (Fsp3) is 0.0476. The molecule has 0 heterocycles. The van der Waals surface area contributed by atoms with Gasteiger partial charge in [-0.3, -0.25) is 10.1 Å². The molecule has 2 N–H and O–H groups in total. The zero-order valence-electron chi connectivity index (χ0n) is 13.7. The Bertz CT molecular complexity index is 851. The molecule has 0 bridgehead atoms. The zero-order chi connectivity index (χ0) is 17.8. The molecule has 4 heteroatoms. The van der Waals surface area contributed by atoms with E-state index < -0.39 is 11.9 Å². The number of rotatable bonds is 4. The maximum atomic E-state index is 12.3. The fourth-order valence-electron chi connectivity index (χ4n) is 3.02. The number of carbonyl (C=O) groups is 2. The molecule has 3 amide bonds. The molecule has 25 heavy (non-hydrogen) atoms. The average molecular weight is 330 g/mol. The van der Waals surface area contributed by atoms with Gasteiger partial charge in [0.15, 0.2) is 0 Å². The summed E-state index contributed by atoms with van der Waals surface area (Å²) in [6.07, 6.45) is 4.35. The van der Waals surface area contributed by atoms with Crippen LogP contribution in [-0.4, -0.2) is 11.9 Å². The summed E-state index contributed by atoms with van der Waals surface area (Å²) in [6.45, 7) is 7.10. The number of nitrogens with one attached hydrogen (secondary N) is 2. The lowest BCUT2D eigenvalue weighted by Crippen LogP contribution is -2.41. The van der Waals surface area contributed by atoms with Crippen LogP contribution in [0.2, 0.25) is 0 Å². The van der Waals surface area contributed by atoms with Gasteiger partial charge in [0.05, 0.1) is 6.04 Å². The van der Waals surface area contributed by atoms with E-state index in [1.807, 2.05) is 48.5 Å². The minimum absolute atomic E-state index is 0.275. The summed E-state index contributed by atoms with van der Waals surface area (Å²) < 4.78 is 0. The van der Waals surface area contributed by atoms with Crippen LogP contribution in [0.5, 0.6) is 0 Å². The number of urea groups is 1. The van der Waals surface area contributed by atoms with Crippen LogP contribution in [0.15, 0.2) is 85.5 Å². The van der Waals surface area contributed by atoms with Crippen molar-refractivity contribution < 1.29 is 9.59 Å². The number of imide groups is 1. The van der Waals surface area contributed by atoms with E-state index >= 15 is 0 Å². The molecule has 0 spiro atoms. The molecule has 3 rings (SSSR count). The van der Waals surface area contributed by atoms with E-state index in [4.69, 9.17) is 0 Å². The van der Waals surface area contributed by atoms with Crippen molar-refractivity contribution in [1.29, 1.82) is 0 Å². The topological polar surface area (TPSA) is 58.2 Å². The summed E-state index contributed by atoms with van der Waals surface area (Å²) in [5.41, 5.74) is 4.48. The van der Waals surface area contributed by atoms with E-state index in [0.29, 0.717) is 0 Å². The van der Waals surface area contributed by atoms with Crippen molar-refractivity contribution in [1.82, 2.24) is 10.6 Å². The highest BCUT2D eigenvalue weighted by Crippen LogP contribution is 2.42. The quantitative estimate of drug-likeness (QED) is 0.660. The number of amides is 3. The number of fused-ring (bicyclic) bond motifs is 3. The Kier molecular flexibility index (Phi) is 4.61. The lowest BCUT2D eigenvalue weighted by Gasteiger charge is -2.16. The van der Waals surface area contributed by atoms with Crippen LogP contribution in [0.1, 0.15) is 17.2 Å². The first-order valence-corrected chi connectivity index (χ1v) is 7.91. The third kappa shape index (κ3) is 3.15. The number of hydrogen-bond acceptors (Lipinski definition) is 2. The second kappa shape index (κ2) is 7.01. The lowest BCUT2D eigenvalue weighted by atomic mass is 10.1. The molecule has 124 valence electrons. The lowest BCUT2D eigenvalue weighted by molar-refractivity contribution is -0.116. The minimum atomic E-state index is -0.557. The Morgan fingerprint density at radius 2 is 1.48 bits per heavy atom. The summed E-state index contributed by atoms with van der Waals surface area (Å²) in [7, 11) is 0. The van der Waals surface area contributed by atoms with E-state index in [9.17, 15) is 9.59 Å². The molecule has 1 aliphatic rings. The summed E-state index contributed by atoms with van der Waals surface area (Å²) in [6, 6.07) is 15.0. The average Bonchev–Trinajstić information content (AvgIpc) is 2.94. The van der Waals surface area contributed by atoms with Gasteiger partial charge in [-0.15, -0.1) is 0 Å². The summed E-state index contributed by atoms with van der Waals surface area (Å²) in [4.78, 5) is 24.4. The molecule has 0 atom stereocenters. The Hall–Kier alpha value is -3.40. The highest BCUT2D eigenvalue weighted by Gasteiger charge is 2.29. The Balaban J connectivity index is 1.82. The van der Waals surface area contributed by atoms with Gasteiger partial charge in [0.2, 0.25) is 0 Å². The molecule has 2 aromatic carbocycles. The van der Waals surface area contributed by atoms with Crippen LogP contribution in [0.25, 0.3) is 11.1 Å². The molecule has 2 aromatic rings. The third-order valence-electron chi connectivity index (χ3n) is 4.12. The van der Waals surface area contributed by atoms with Crippen LogP contribution in [-0.2, 0) is 4.79 Å². The minimum Gasteiger partial charge on any atom is -0.327 e. The Morgan fingerprint density at radius 1 is 0.920 bits per heavy atom. The SMILES string of the molecule is C=C/C=C(\C=C)C(=O)NC(=O)NC1c2ccccc2-c2ccccc21. The van der Waals surface area contributed by atoms with Gasteiger partial charge in [0, 0.05) is 5.57 Å². The van der Waals surface area contributed by atoms with Crippen molar-refractivity contribution in [3.8, 4) is 11.1 Å². The molecule has 1 aliphatic carbocycles. The van der Waals surface area contributed by atoms with E-state index in [1.165, 1.54) is 18.2 Å². The predicted octanol–water partition coefficient (Wildman–Crippen LogP) is 3.88. The van der Waals surface area contributed by atoms with Crippen molar-refractivity contribution in [2.24, 2.45) is 0 Å². The largest absolute Gasteiger partial charge is 0.327 e. The van der Waals surface area contributed by atoms with Gasteiger partial charge in [0.1, 0.15) is 0 Å². The molecule has 4 nitrogen and oxygen atoms in total. The van der Waals surface area contributed by atoms with Crippen molar-refractivity contribution in [2.75, 3.05) is 0 Å². The highest BCUT2D eigenvalue weighted by atomic mass is 16.2. The van der Waals surface area contributed by atoms with E-state index in [-0.39, 0.29) is 11.6 Å². The molecule has 0 saturated heterocycles. The number of carbonyl (C=O) groups excluding carboxylic acids is 2. The van der Waals surface area contributed by atoms with E-state index in [2.05, 4.69) is 23.8 Å². The van der Waals surface area contributed by atoms with Gasteiger partial charge in [0.25, 0.3) is 5.91 Å². The highest BCUT2D eigenvalue weighted by molar-refractivity contribution is 6.05. The molecule has 0 aromatic heterocycles. The first-order valence-electron chi connectivity index (χ1n) is 7.91. The van der Waals surface area contributed by atoms with E-state index in [1.54, 1.807) is 0 Å². The van der Waals surface area contributed by atoms with Gasteiger partial charge in [-0.2, -0.15) is 0 Å². The second-order valence-electron chi connectivity index (χ2n) is 5.60. The third-order valence-corrected chi connectivity index (χ3v) is 4.12. The summed E-state index contributed by atoms with van der Waals surface area (Å²) >= 11 is 0. The van der Waals surface area contributed by atoms with Crippen LogP contribution >= 0.6 is 0 Å². The molecule has 0 aliphatic heterocycles. The van der Waals surface area contributed by atoms with Gasteiger partial charge >= 0.3 is 6.03 Å². The fourth-order valence-corrected chi connectivity index (χ4v) is 3.02. The predicted molar refractivity (Wildman–Crippen MR) is 98.9 cm³/mol. The van der Waals surface area contributed by atoms with Crippen molar-refractivity contribution in [3.63, 3.8) is 0 Å². The zero-order valence-corrected chi connectivity index (χ0v) is 13.7. The normalized spacial score (nSPS) is 12.7. The number of hydrogen-bond donors (Lipinski definition) is 2. The van der Waals surface area contributed by atoms with Crippen molar-refractivity contribution in [2.45, 2.75) is 6.04 Å². The van der Waals surface area contributed by atoms with Crippen LogP contribution < -0.4 is 10.6 Å². The van der Waals surface area contributed by atoms with Gasteiger partial charge in [-0.1, -0.05) is 79.9 Å². The summed E-state index contributed by atoms with van der Waals surface area (Å²) in [5.74, 6) is -0.521. The first kappa shape index (κ1) is 16.5. The first-order chi connectivity index (χ1) is 12.2. The van der Waals surface area contributed by atoms with Gasteiger partial charge in [-0.05, 0) is 22.3 Å². The monoisotopic (exact) mass is 330 g/mol. The number of allylic oxidation sites excluding steroid dienone is 2. The Labute approximate surface area is 146 Å². The standard InChI is InChI=1S/C21H18N2O2/c1-3-9-14(4-2)20(24)23-21(25)22-19-17-12-7-5-10-15(17)16-11-6-8-13-18(16)19/h3-13,19H,1-2H2,(H2,22,23,24,25)/b14-9+. The Morgan fingerprint density at radius 3 is 2.00 bits per heavy atom. The van der Waals surface area contributed by atoms with Crippen LogP contribution in [0, 0.1) is 0 Å². The molecule has 0 saturated carbocycles. The van der Waals surface area contributed by atoms with Crippen LogP contribution in [0.3, 0.4) is 0 Å². The molecule has 0 unspecified atom stereocenters. The maximum Gasteiger partial charge on any atom is 0.322 e. The summed E-state index contributed by atoms with van der Waals surface area (Å²) in [5, 5.41) is 5.21. The molecular weight excluding hydrogens is 312 g/mol. The van der Waals surface area contributed by atoms with Gasteiger partial charge < -0.3 is 5.32 Å². The maximum absolute atomic E-state index is 12.3. The van der Waals surface area contributed by atoms with Gasteiger partial charge in [-0.25, -0.2) is 4.79 Å². The van der Waals surface area contributed by atoms with Crippen LogP contribution in [0.4, 0.5) is 4.79 Å². The number of benzene rings is 2. The van der Waals surface area contributed by atoms with Crippen molar-refractivity contribution in [3.05, 3.63) is 96.6 Å². The molecule has 0 radical (unpaired) electrons. The molecule has 0 fully saturated rings.